The Kier molecular flexibility index (Phi) is 5.86. The molecule has 0 aliphatic heterocycles. The second kappa shape index (κ2) is 6.95. The molecule has 2 heteroatoms. The molecule has 19 heavy (non-hydrogen) atoms. The lowest BCUT2D eigenvalue weighted by Gasteiger charge is -2.24. The predicted octanol–water partition coefficient (Wildman–Crippen LogP) is 3.82. The van der Waals surface area contributed by atoms with Crippen LogP contribution >= 0.6 is 0 Å². The second-order valence-electron chi connectivity index (χ2n) is 6.08. The third-order valence-corrected chi connectivity index (χ3v) is 4.32. The van der Waals surface area contributed by atoms with Gasteiger partial charge in [-0.15, -0.1) is 0 Å². The highest BCUT2D eigenvalue weighted by Crippen LogP contribution is 2.27. The van der Waals surface area contributed by atoms with Gasteiger partial charge in [0.2, 0.25) is 0 Å². The minimum atomic E-state index is 0.657. The van der Waals surface area contributed by atoms with Gasteiger partial charge in [-0.3, -0.25) is 0 Å². The van der Waals surface area contributed by atoms with Crippen LogP contribution in [0, 0.1) is 39.5 Å². The molecule has 0 amide bonds. The topological polar surface area (TPSA) is 24.1 Å². The summed E-state index contributed by atoms with van der Waals surface area (Å²) in [5.74, 6) is 1.34. The quantitative estimate of drug-likeness (QED) is 0.814. The maximum Gasteiger partial charge on any atom is 0.0405 e. The van der Waals surface area contributed by atoms with Crippen LogP contribution in [0.2, 0.25) is 0 Å². The van der Waals surface area contributed by atoms with Gasteiger partial charge in [0.15, 0.2) is 0 Å². The first-order valence-electron chi connectivity index (χ1n) is 7.34. The van der Waals surface area contributed by atoms with E-state index in [1.807, 2.05) is 7.05 Å². The van der Waals surface area contributed by atoms with E-state index in [4.69, 9.17) is 0 Å². The molecule has 2 nitrogen and oxygen atoms in total. The lowest BCUT2D eigenvalue weighted by Crippen LogP contribution is -2.29. The molecule has 0 spiro atoms. The molecular weight excluding hydrogens is 232 g/mol. The summed E-state index contributed by atoms with van der Waals surface area (Å²) >= 11 is 0. The minimum absolute atomic E-state index is 0.657. The van der Waals surface area contributed by atoms with Crippen LogP contribution in [0.4, 0.5) is 5.69 Å². The third-order valence-electron chi connectivity index (χ3n) is 4.32. The fourth-order valence-electron chi connectivity index (χ4n) is 2.52. The molecule has 0 saturated carbocycles. The van der Waals surface area contributed by atoms with E-state index in [2.05, 4.69) is 58.2 Å². The normalized spacial score (nSPS) is 12.8. The van der Waals surface area contributed by atoms with E-state index in [-0.39, 0.29) is 0 Å². The number of hydrogen-bond donors (Lipinski definition) is 2. The van der Waals surface area contributed by atoms with Crippen LogP contribution in [-0.2, 0) is 0 Å². The summed E-state index contributed by atoms with van der Waals surface area (Å²) in [6.45, 7) is 15.5. The van der Waals surface area contributed by atoms with Crippen molar-refractivity contribution in [1.29, 1.82) is 0 Å². The molecule has 0 heterocycles. The average Bonchev–Trinajstić information content (AvgIpc) is 2.34. The number of aryl methyl sites for hydroxylation is 2. The molecule has 0 radical (unpaired) electrons. The van der Waals surface area contributed by atoms with Gasteiger partial charge in [-0.05, 0) is 75.4 Å². The van der Waals surface area contributed by atoms with Gasteiger partial charge >= 0.3 is 0 Å². The van der Waals surface area contributed by atoms with E-state index in [1.54, 1.807) is 0 Å². The first-order valence-corrected chi connectivity index (χ1v) is 7.34. The highest BCUT2D eigenvalue weighted by molar-refractivity contribution is 5.62. The molecule has 0 aliphatic carbocycles. The first-order chi connectivity index (χ1) is 8.88. The van der Waals surface area contributed by atoms with Crippen molar-refractivity contribution in [2.45, 2.75) is 41.5 Å². The largest absolute Gasteiger partial charge is 0.384 e. The van der Waals surface area contributed by atoms with Crippen LogP contribution in [0.5, 0.6) is 0 Å². The van der Waals surface area contributed by atoms with Gasteiger partial charge in [-0.25, -0.2) is 0 Å². The van der Waals surface area contributed by atoms with Crippen LogP contribution in [0.15, 0.2) is 6.07 Å². The zero-order valence-electron chi connectivity index (χ0n) is 13.6. The summed E-state index contributed by atoms with van der Waals surface area (Å²) in [6, 6.07) is 2.28. The van der Waals surface area contributed by atoms with Crippen molar-refractivity contribution in [3.63, 3.8) is 0 Å². The second-order valence-corrected chi connectivity index (χ2v) is 6.08. The van der Waals surface area contributed by atoms with Crippen molar-refractivity contribution in [3.05, 3.63) is 28.3 Å². The Morgan fingerprint density at radius 3 is 1.89 bits per heavy atom. The van der Waals surface area contributed by atoms with Crippen molar-refractivity contribution in [2.24, 2.45) is 11.8 Å². The Morgan fingerprint density at radius 2 is 1.47 bits per heavy atom. The number of rotatable bonds is 6. The predicted molar refractivity (Wildman–Crippen MR) is 86.1 cm³/mol. The molecular formula is C17H30N2. The minimum Gasteiger partial charge on any atom is -0.384 e. The van der Waals surface area contributed by atoms with E-state index in [0.29, 0.717) is 11.8 Å². The van der Waals surface area contributed by atoms with Crippen molar-refractivity contribution in [2.75, 3.05) is 25.5 Å². The number of benzene rings is 1. The highest BCUT2D eigenvalue weighted by Gasteiger charge is 2.14. The fraction of sp³-hybridized carbons (Fsp3) is 0.647. The zero-order valence-corrected chi connectivity index (χ0v) is 13.6. The van der Waals surface area contributed by atoms with Gasteiger partial charge in [-0.1, -0.05) is 19.9 Å². The summed E-state index contributed by atoms with van der Waals surface area (Å²) in [4.78, 5) is 0. The van der Waals surface area contributed by atoms with E-state index in [1.165, 1.54) is 27.9 Å². The molecule has 108 valence electrons. The van der Waals surface area contributed by atoms with Crippen LogP contribution in [0.25, 0.3) is 0 Å². The van der Waals surface area contributed by atoms with Crippen LogP contribution in [0.3, 0.4) is 0 Å². The van der Waals surface area contributed by atoms with E-state index in [9.17, 15) is 0 Å². The molecule has 0 bridgehead atoms. The monoisotopic (exact) mass is 262 g/mol. The molecule has 0 saturated heterocycles. The van der Waals surface area contributed by atoms with Crippen molar-refractivity contribution >= 4 is 5.69 Å². The Hall–Kier alpha value is -1.02. The number of nitrogens with one attached hydrogen (secondary N) is 2. The van der Waals surface area contributed by atoms with Gasteiger partial charge < -0.3 is 10.6 Å². The molecule has 0 fully saturated rings. The summed E-state index contributed by atoms with van der Waals surface area (Å²) in [5, 5.41) is 6.99. The summed E-state index contributed by atoms with van der Waals surface area (Å²) in [5.41, 5.74) is 6.85. The smallest absolute Gasteiger partial charge is 0.0405 e. The van der Waals surface area contributed by atoms with Crippen molar-refractivity contribution < 1.29 is 0 Å². The molecule has 2 N–H and O–H groups in total. The zero-order chi connectivity index (χ0) is 14.6. The molecule has 1 rings (SSSR count). The molecule has 1 unspecified atom stereocenters. The van der Waals surface area contributed by atoms with Crippen LogP contribution in [0.1, 0.15) is 36.1 Å². The summed E-state index contributed by atoms with van der Waals surface area (Å²) in [6.07, 6.45) is 0. The van der Waals surface area contributed by atoms with Crippen LogP contribution in [-0.4, -0.2) is 20.1 Å². The Labute approximate surface area is 119 Å². The molecule has 1 atom stereocenters. The van der Waals surface area contributed by atoms with Crippen LogP contribution < -0.4 is 10.6 Å². The maximum absolute atomic E-state index is 3.69. The van der Waals surface area contributed by atoms with Crippen molar-refractivity contribution in [1.82, 2.24) is 5.32 Å². The Bertz CT molecular complexity index is 396. The van der Waals surface area contributed by atoms with Gasteiger partial charge in [-0.2, -0.15) is 0 Å². The van der Waals surface area contributed by atoms with E-state index < -0.39 is 0 Å². The van der Waals surface area contributed by atoms with E-state index >= 15 is 0 Å². The van der Waals surface area contributed by atoms with E-state index in [0.717, 1.165) is 13.1 Å². The summed E-state index contributed by atoms with van der Waals surface area (Å²) < 4.78 is 0. The maximum atomic E-state index is 3.69. The summed E-state index contributed by atoms with van der Waals surface area (Å²) in [7, 11) is 2.03. The molecule has 0 aliphatic rings. The average molecular weight is 262 g/mol. The van der Waals surface area contributed by atoms with Crippen molar-refractivity contribution in [3.8, 4) is 0 Å². The number of anilines is 1. The first kappa shape index (κ1) is 16.0. The molecule has 1 aromatic carbocycles. The van der Waals surface area contributed by atoms with Gasteiger partial charge in [0.25, 0.3) is 0 Å². The lowest BCUT2D eigenvalue weighted by molar-refractivity contribution is 0.390. The van der Waals surface area contributed by atoms with Gasteiger partial charge in [0.1, 0.15) is 0 Å². The Balaban J connectivity index is 2.88. The lowest BCUT2D eigenvalue weighted by atomic mass is 9.94. The highest BCUT2D eigenvalue weighted by atomic mass is 14.9. The van der Waals surface area contributed by atoms with Gasteiger partial charge in [0, 0.05) is 12.2 Å². The Morgan fingerprint density at radius 1 is 0.947 bits per heavy atom. The third kappa shape index (κ3) is 3.97. The standard InChI is InChI=1S/C17H30N2/c1-11(2)16(9-18-7)10-19-17-14(5)12(3)8-13(4)15(17)6/h8,11,16,18-19H,9-10H2,1-7H3. The molecule has 1 aromatic rings. The SMILES string of the molecule is CNCC(CNc1c(C)c(C)cc(C)c1C)C(C)C. The number of hydrogen-bond acceptors (Lipinski definition) is 2. The van der Waals surface area contributed by atoms with Gasteiger partial charge in [0.05, 0.1) is 0 Å². The molecule has 0 aromatic heterocycles. The fourth-order valence-corrected chi connectivity index (χ4v) is 2.52.